The second kappa shape index (κ2) is 6.58. The normalized spacial score (nSPS) is 10.6. The number of aryl methyl sites for hydroxylation is 2. The van der Waals surface area contributed by atoms with Crippen LogP contribution in [0.3, 0.4) is 0 Å². The van der Waals surface area contributed by atoms with E-state index in [1.54, 1.807) is 0 Å². The molecule has 2 rings (SSSR count). The van der Waals surface area contributed by atoms with Gasteiger partial charge in [0, 0.05) is 25.8 Å². The minimum atomic E-state index is 0.919. The highest BCUT2D eigenvalue weighted by molar-refractivity contribution is 5.54. The molecule has 2 aromatic rings. The van der Waals surface area contributed by atoms with Crippen LogP contribution in [0.4, 0.5) is 5.69 Å². The maximum absolute atomic E-state index is 3.19. The number of rotatable bonds is 5. The summed E-state index contributed by atoms with van der Waals surface area (Å²) >= 11 is 0. The maximum atomic E-state index is 3.19. The molecule has 2 heteroatoms. The molecular weight excluding hydrogens is 244 g/mol. The van der Waals surface area contributed by atoms with Crippen molar-refractivity contribution in [3.05, 3.63) is 64.7 Å². The minimum absolute atomic E-state index is 0.919. The fourth-order valence-corrected chi connectivity index (χ4v) is 2.63. The van der Waals surface area contributed by atoms with Crippen LogP contribution in [0.25, 0.3) is 0 Å². The Balaban J connectivity index is 2.14. The Bertz CT molecular complexity index is 575. The van der Waals surface area contributed by atoms with Gasteiger partial charge >= 0.3 is 0 Å². The zero-order valence-electron chi connectivity index (χ0n) is 12.9. The zero-order chi connectivity index (χ0) is 14.5. The van der Waals surface area contributed by atoms with Crippen molar-refractivity contribution in [1.82, 2.24) is 5.32 Å². The van der Waals surface area contributed by atoms with Crippen molar-refractivity contribution >= 4 is 5.69 Å². The van der Waals surface area contributed by atoms with Crippen LogP contribution in [0.15, 0.2) is 42.5 Å². The Morgan fingerprint density at radius 1 is 1.00 bits per heavy atom. The van der Waals surface area contributed by atoms with Gasteiger partial charge in [-0.05, 0) is 43.7 Å². The first kappa shape index (κ1) is 14.6. The quantitative estimate of drug-likeness (QED) is 0.890. The summed E-state index contributed by atoms with van der Waals surface area (Å²) in [7, 11) is 4.13. The van der Waals surface area contributed by atoms with Crippen molar-refractivity contribution in [2.45, 2.75) is 26.9 Å². The molecule has 0 spiro atoms. The number of benzene rings is 2. The first-order valence-electron chi connectivity index (χ1n) is 7.11. The van der Waals surface area contributed by atoms with E-state index in [1.807, 2.05) is 7.05 Å². The van der Waals surface area contributed by atoms with E-state index in [-0.39, 0.29) is 0 Å². The van der Waals surface area contributed by atoms with Gasteiger partial charge in [-0.2, -0.15) is 0 Å². The van der Waals surface area contributed by atoms with E-state index in [9.17, 15) is 0 Å². The van der Waals surface area contributed by atoms with Crippen LogP contribution in [0.1, 0.15) is 22.3 Å². The summed E-state index contributed by atoms with van der Waals surface area (Å²) in [5.74, 6) is 0. The Labute approximate surface area is 122 Å². The summed E-state index contributed by atoms with van der Waals surface area (Å²) in [6.07, 6.45) is 0. The molecule has 0 radical (unpaired) electrons. The molecule has 0 unspecified atom stereocenters. The van der Waals surface area contributed by atoms with Crippen molar-refractivity contribution in [2.24, 2.45) is 0 Å². The van der Waals surface area contributed by atoms with Gasteiger partial charge < -0.3 is 10.2 Å². The molecule has 106 valence electrons. The van der Waals surface area contributed by atoms with Gasteiger partial charge in [-0.15, -0.1) is 0 Å². The third kappa shape index (κ3) is 3.61. The highest BCUT2D eigenvalue weighted by Crippen LogP contribution is 2.22. The lowest BCUT2D eigenvalue weighted by molar-refractivity contribution is 0.815. The van der Waals surface area contributed by atoms with Crippen LogP contribution in [0, 0.1) is 13.8 Å². The molecule has 0 fully saturated rings. The lowest BCUT2D eigenvalue weighted by Crippen LogP contribution is -2.17. The molecule has 0 heterocycles. The van der Waals surface area contributed by atoms with Gasteiger partial charge in [-0.3, -0.25) is 0 Å². The van der Waals surface area contributed by atoms with Gasteiger partial charge in [0.2, 0.25) is 0 Å². The van der Waals surface area contributed by atoms with E-state index >= 15 is 0 Å². The van der Waals surface area contributed by atoms with Crippen LogP contribution in [-0.2, 0) is 13.1 Å². The van der Waals surface area contributed by atoms with Gasteiger partial charge in [0.25, 0.3) is 0 Å². The average Bonchev–Trinajstić information content (AvgIpc) is 2.39. The lowest BCUT2D eigenvalue weighted by atomic mass is 10.1. The van der Waals surface area contributed by atoms with E-state index in [1.165, 1.54) is 27.9 Å². The fourth-order valence-electron chi connectivity index (χ4n) is 2.63. The van der Waals surface area contributed by atoms with Crippen molar-refractivity contribution in [2.75, 3.05) is 19.0 Å². The van der Waals surface area contributed by atoms with Gasteiger partial charge in [0.1, 0.15) is 0 Å². The summed E-state index contributed by atoms with van der Waals surface area (Å²) in [5.41, 5.74) is 6.63. The summed E-state index contributed by atoms with van der Waals surface area (Å²) < 4.78 is 0. The molecule has 0 aromatic heterocycles. The molecule has 0 aliphatic rings. The molecule has 2 nitrogen and oxygen atoms in total. The van der Waals surface area contributed by atoms with E-state index < -0.39 is 0 Å². The lowest BCUT2D eigenvalue weighted by Gasteiger charge is -2.22. The molecule has 0 atom stereocenters. The van der Waals surface area contributed by atoms with Gasteiger partial charge in [0.05, 0.1) is 0 Å². The third-order valence-electron chi connectivity index (χ3n) is 3.56. The third-order valence-corrected chi connectivity index (χ3v) is 3.56. The second-order valence-corrected chi connectivity index (χ2v) is 5.50. The van der Waals surface area contributed by atoms with Gasteiger partial charge in [0.15, 0.2) is 0 Å². The molecule has 20 heavy (non-hydrogen) atoms. The first-order valence-corrected chi connectivity index (χ1v) is 7.11. The van der Waals surface area contributed by atoms with Crippen LogP contribution < -0.4 is 10.2 Å². The largest absolute Gasteiger partial charge is 0.370 e. The SMILES string of the molecule is CNCc1ccc(N(C)Cc2cccc(C)c2)c(C)c1. The number of hydrogen-bond acceptors (Lipinski definition) is 2. The smallest absolute Gasteiger partial charge is 0.0426 e. The average molecular weight is 268 g/mol. The summed E-state index contributed by atoms with van der Waals surface area (Å²) in [6.45, 7) is 6.18. The van der Waals surface area contributed by atoms with E-state index in [0.29, 0.717) is 0 Å². The van der Waals surface area contributed by atoms with Gasteiger partial charge in [-0.1, -0.05) is 42.0 Å². The summed E-state index contributed by atoms with van der Waals surface area (Å²) in [6, 6.07) is 15.4. The Hall–Kier alpha value is -1.80. The maximum Gasteiger partial charge on any atom is 0.0426 e. The number of nitrogens with zero attached hydrogens (tertiary/aromatic N) is 1. The predicted octanol–water partition coefficient (Wildman–Crippen LogP) is 3.66. The number of nitrogens with one attached hydrogen (secondary N) is 1. The second-order valence-electron chi connectivity index (χ2n) is 5.50. The monoisotopic (exact) mass is 268 g/mol. The predicted molar refractivity (Wildman–Crippen MR) is 87.2 cm³/mol. The van der Waals surface area contributed by atoms with Gasteiger partial charge in [-0.25, -0.2) is 0 Å². The molecule has 0 bridgehead atoms. The fraction of sp³-hybridized carbons (Fsp3) is 0.333. The van der Waals surface area contributed by atoms with Crippen molar-refractivity contribution in [3.63, 3.8) is 0 Å². The van der Waals surface area contributed by atoms with Crippen LogP contribution in [0.5, 0.6) is 0 Å². The van der Waals surface area contributed by atoms with Crippen molar-refractivity contribution in [1.29, 1.82) is 0 Å². The van der Waals surface area contributed by atoms with Crippen molar-refractivity contribution in [3.8, 4) is 0 Å². The summed E-state index contributed by atoms with van der Waals surface area (Å²) in [5, 5.41) is 3.19. The highest BCUT2D eigenvalue weighted by Gasteiger charge is 2.06. The number of hydrogen-bond donors (Lipinski definition) is 1. The molecule has 0 aliphatic heterocycles. The molecule has 0 amide bonds. The Morgan fingerprint density at radius 2 is 1.80 bits per heavy atom. The standard InChI is InChI=1S/C18H24N2/c1-14-6-5-7-17(10-14)13-20(4)18-9-8-16(12-19-3)11-15(18)2/h5-11,19H,12-13H2,1-4H3. The molecule has 0 saturated heterocycles. The number of anilines is 1. The van der Waals surface area contributed by atoms with E-state index in [2.05, 4.69) is 73.6 Å². The summed E-state index contributed by atoms with van der Waals surface area (Å²) in [4.78, 5) is 2.31. The van der Waals surface area contributed by atoms with E-state index in [0.717, 1.165) is 13.1 Å². The van der Waals surface area contributed by atoms with Crippen LogP contribution >= 0.6 is 0 Å². The minimum Gasteiger partial charge on any atom is -0.370 e. The Kier molecular flexibility index (Phi) is 4.80. The Morgan fingerprint density at radius 3 is 2.45 bits per heavy atom. The molecular formula is C18H24N2. The van der Waals surface area contributed by atoms with Crippen LogP contribution in [-0.4, -0.2) is 14.1 Å². The zero-order valence-corrected chi connectivity index (χ0v) is 12.9. The molecule has 1 N–H and O–H groups in total. The topological polar surface area (TPSA) is 15.3 Å². The highest BCUT2D eigenvalue weighted by atomic mass is 15.1. The first-order chi connectivity index (χ1) is 9.60. The molecule has 0 saturated carbocycles. The molecule has 0 aliphatic carbocycles. The van der Waals surface area contributed by atoms with E-state index in [4.69, 9.17) is 0 Å². The molecule has 2 aromatic carbocycles. The van der Waals surface area contributed by atoms with Crippen molar-refractivity contribution < 1.29 is 0 Å². The van der Waals surface area contributed by atoms with Crippen LogP contribution in [0.2, 0.25) is 0 Å².